The van der Waals surface area contributed by atoms with Crippen molar-refractivity contribution in [2.75, 3.05) is 12.4 Å². The van der Waals surface area contributed by atoms with Gasteiger partial charge in [0.1, 0.15) is 16.4 Å². The molecule has 7 nitrogen and oxygen atoms in total. The van der Waals surface area contributed by atoms with Crippen LogP contribution < -0.4 is 10.1 Å². The number of nitrogens with zero attached hydrogens (tertiary/aromatic N) is 4. The van der Waals surface area contributed by atoms with Gasteiger partial charge in [0.05, 0.1) is 31.1 Å². The normalized spacial score (nSPS) is 12.1. The molecule has 4 aromatic rings. The van der Waals surface area contributed by atoms with E-state index >= 15 is 0 Å². The summed E-state index contributed by atoms with van der Waals surface area (Å²) in [5.74, 6) is 0.570. The maximum absolute atomic E-state index is 14.3. The number of benzene rings is 1. The van der Waals surface area contributed by atoms with Crippen molar-refractivity contribution in [3.63, 3.8) is 0 Å². The third-order valence-electron chi connectivity index (χ3n) is 4.28. The van der Waals surface area contributed by atoms with Crippen molar-refractivity contribution in [2.24, 2.45) is 0 Å². The number of H-pyrrole nitrogens is 1. The number of aromatic amines is 1. The fourth-order valence-corrected chi connectivity index (χ4v) is 2.97. The molecule has 3 aromatic heterocycles. The third-order valence-corrected chi connectivity index (χ3v) is 4.47. The topological polar surface area (TPSA) is 88.6 Å². The molecular formula is C19H16ClFN6O. The lowest BCUT2D eigenvalue weighted by molar-refractivity contribution is 0.414. The molecule has 0 aliphatic carbocycles. The summed E-state index contributed by atoms with van der Waals surface area (Å²) in [6.45, 7) is 1.91. The van der Waals surface area contributed by atoms with Crippen LogP contribution in [-0.2, 0) is 0 Å². The van der Waals surface area contributed by atoms with Gasteiger partial charge in [0, 0.05) is 6.20 Å². The molecule has 9 heteroatoms. The van der Waals surface area contributed by atoms with Gasteiger partial charge in [0.25, 0.3) is 0 Å². The Morgan fingerprint density at radius 1 is 1.21 bits per heavy atom. The number of halogens is 2. The van der Waals surface area contributed by atoms with E-state index in [1.807, 2.05) is 31.2 Å². The first-order valence-electron chi connectivity index (χ1n) is 8.48. The number of ether oxygens (including phenoxy) is 1. The zero-order valence-electron chi connectivity index (χ0n) is 15.1. The number of hydrogen-bond acceptors (Lipinski definition) is 6. The lowest BCUT2D eigenvalue weighted by Gasteiger charge is -2.16. The van der Waals surface area contributed by atoms with Gasteiger partial charge >= 0.3 is 0 Å². The summed E-state index contributed by atoms with van der Waals surface area (Å²) in [6.07, 6.45) is 4.24. The van der Waals surface area contributed by atoms with Crippen LogP contribution in [0.2, 0.25) is 5.15 Å². The molecule has 0 amide bonds. The molecule has 1 aromatic carbocycles. The Labute approximate surface area is 165 Å². The largest absolute Gasteiger partial charge is 0.497 e. The minimum absolute atomic E-state index is 0.0876. The molecule has 0 aliphatic heterocycles. The van der Waals surface area contributed by atoms with Crippen molar-refractivity contribution in [3.8, 4) is 17.1 Å². The van der Waals surface area contributed by atoms with E-state index in [1.165, 1.54) is 6.20 Å². The average molecular weight is 399 g/mol. The van der Waals surface area contributed by atoms with Gasteiger partial charge in [0.15, 0.2) is 23.1 Å². The summed E-state index contributed by atoms with van der Waals surface area (Å²) in [6, 6.07) is 7.34. The van der Waals surface area contributed by atoms with E-state index < -0.39 is 5.82 Å². The quantitative estimate of drug-likeness (QED) is 0.518. The summed E-state index contributed by atoms with van der Waals surface area (Å²) in [5, 5.41) is 3.34. The highest BCUT2D eigenvalue weighted by Gasteiger charge is 2.16. The molecule has 28 heavy (non-hydrogen) atoms. The molecule has 0 bridgehead atoms. The zero-order valence-corrected chi connectivity index (χ0v) is 15.8. The van der Waals surface area contributed by atoms with Gasteiger partial charge in [0.2, 0.25) is 0 Å². The SMILES string of the molecule is COc1cccc([C@H](C)Nc2nc(-c3c[nH]c4ncc(Cl)nc34)ncc2F)c1. The van der Waals surface area contributed by atoms with Crippen LogP contribution in [0.3, 0.4) is 0 Å². The van der Waals surface area contributed by atoms with Crippen molar-refractivity contribution in [3.05, 3.63) is 59.4 Å². The maximum atomic E-state index is 14.3. The van der Waals surface area contributed by atoms with Crippen LogP contribution in [0.5, 0.6) is 5.75 Å². The second-order valence-electron chi connectivity index (χ2n) is 6.13. The maximum Gasteiger partial charge on any atom is 0.183 e. The molecule has 0 unspecified atom stereocenters. The highest BCUT2D eigenvalue weighted by atomic mass is 35.5. The van der Waals surface area contributed by atoms with E-state index in [1.54, 1.807) is 13.3 Å². The van der Waals surface area contributed by atoms with Gasteiger partial charge in [-0.2, -0.15) is 0 Å². The summed E-state index contributed by atoms with van der Waals surface area (Å²) < 4.78 is 19.6. The molecule has 0 aliphatic rings. The Balaban J connectivity index is 1.68. The Kier molecular flexibility index (Phi) is 4.79. The summed E-state index contributed by atoms with van der Waals surface area (Å²) >= 11 is 5.94. The zero-order chi connectivity index (χ0) is 19.7. The standard InChI is InChI=1S/C19H16ClFN6O/c1-10(11-4-3-5-12(6-11)28-2)25-18-14(21)8-23-17(27-18)13-7-22-19-16(13)26-15(20)9-24-19/h3-10H,1-2H3,(H,22,24)(H,23,25,27)/t10-/m0/s1. The average Bonchev–Trinajstić information content (AvgIpc) is 3.12. The lowest BCUT2D eigenvalue weighted by Crippen LogP contribution is -2.10. The summed E-state index contributed by atoms with van der Waals surface area (Å²) in [7, 11) is 1.60. The van der Waals surface area contributed by atoms with E-state index in [4.69, 9.17) is 16.3 Å². The predicted octanol–water partition coefficient (Wildman–Crippen LogP) is 4.39. The number of nitrogens with one attached hydrogen (secondary N) is 2. The number of anilines is 1. The number of methoxy groups -OCH3 is 1. The molecule has 0 radical (unpaired) electrons. The van der Waals surface area contributed by atoms with Gasteiger partial charge < -0.3 is 15.0 Å². The highest BCUT2D eigenvalue weighted by Crippen LogP contribution is 2.28. The van der Waals surface area contributed by atoms with Crippen LogP contribution in [0.25, 0.3) is 22.6 Å². The van der Waals surface area contributed by atoms with Gasteiger partial charge in [-0.1, -0.05) is 23.7 Å². The number of fused-ring (bicyclic) bond motifs is 1. The third kappa shape index (κ3) is 3.46. The summed E-state index contributed by atoms with van der Waals surface area (Å²) in [4.78, 5) is 19.8. The Morgan fingerprint density at radius 3 is 2.89 bits per heavy atom. The number of hydrogen-bond donors (Lipinski definition) is 2. The molecule has 3 heterocycles. The number of aromatic nitrogens is 5. The monoisotopic (exact) mass is 398 g/mol. The van der Waals surface area contributed by atoms with E-state index in [2.05, 4.69) is 30.2 Å². The van der Waals surface area contributed by atoms with Crippen molar-refractivity contribution in [1.82, 2.24) is 24.9 Å². The molecule has 1 atom stereocenters. The molecule has 0 saturated heterocycles. The Bertz CT molecular complexity index is 1150. The fourth-order valence-electron chi connectivity index (χ4n) is 2.84. The van der Waals surface area contributed by atoms with Crippen LogP contribution in [0.1, 0.15) is 18.5 Å². The van der Waals surface area contributed by atoms with E-state index in [0.717, 1.165) is 17.5 Å². The van der Waals surface area contributed by atoms with Gasteiger partial charge in [-0.3, -0.25) is 0 Å². The second kappa shape index (κ2) is 7.40. The van der Waals surface area contributed by atoms with E-state index in [9.17, 15) is 4.39 Å². The first-order valence-corrected chi connectivity index (χ1v) is 8.86. The van der Waals surface area contributed by atoms with Gasteiger partial charge in [-0.15, -0.1) is 0 Å². The minimum atomic E-state index is -0.553. The minimum Gasteiger partial charge on any atom is -0.497 e. The van der Waals surface area contributed by atoms with Crippen LogP contribution in [0, 0.1) is 5.82 Å². The molecule has 142 valence electrons. The van der Waals surface area contributed by atoms with E-state index in [0.29, 0.717) is 22.6 Å². The first-order chi connectivity index (χ1) is 13.5. The second-order valence-corrected chi connectivity index (χ2v) is 6.51. The molecule has 0 saturated carbocycles. The fraction of sp³-hybridized carbons (Fsp3) is 0.158. The van der Waals surface area contributed by atoms with Crippen LogP contribution in [-0.4, -0.2) is 32.0 Å². The van der Waals surface area contributed by atoms with Crippen LogP contribution in [0.4, 0.5) is 10.2 Å². The van der Waals surface area contributed by atoms with Crippen molar-refractivity contribution in [1.29, 1.82) is 0 Å². The van der Waals surface area contributed by atoms with Crippen LogP contribution >= 0.6 is 11.6 Å². The van der Waals surface area contributed by atoms with Gasteiger partial charge in [-0.05, 0) is 24.6 Å². The lowest BCUT2D eigenvalue weighted by atomic mass is 10.1. The first kappa shape index (κ1) is 18.1. The molecular weight excluding hydrogens is 383 g/mol. The molecule has 0 spiro atoms. The summed E-state index contributed by atoms with van der Waals surface area (Å²) in [5.41, 5.74) is 2.59. The van der Waals surface area contributed by atoms with Crippen molar-refractivity contribution < 1.29 is 9.13 Å². The number of rotatable bonds is 5. The molecule has 0 fully saturated rings. The van der Waals surface area contributed by atoms with E-state index in [-0.39, 0.29) is 17.0 Å². The highest BCUT2D eigenvalue weighted by molar-refractivity contribution is 6.29. The molecule has 2 N–H and O–H groups in total. The Morgan fingerprint density at radius 2 is 2.07 bits per heavy atom. The van der Waals surface area contributed by atoms with Crippen molar-refractivity contribution >= 4 is 28.6 Å². The van der Waals surface area contributed by atoms with Gasteiger partial charge in [-0.25, -0.2) is 24.3 Å². The van der Waals surface area contributed by atoms with Crippen LogP contribution in [0.15, 0.2) is 42.9 Å². The molecule has 4 rings (SSSR count). The van der Waals surface area contributed by atoms with Crippen molar-refractivity contribution in [2.45, 2.75) is 13.0 Å². The smallest absolute Gasteiger partial charge is 0.183 e. The predicted molar refractivity (Wildman–Crippen MR) is 105 cm³/mol. The Hall–Kier alpha value is -3.26.